The van der Waals surface area contributed by atoms with Crippen molar-refractivity contribution in [2.75, 3.05) is 0 Å². The predicted molar refractivity (Wildman–Crippen MR) is 64.7 cm³/mol. The topological polar surface area (TPSA) is 73.8 Å². The summed E-state index contributed by atoms with van der Waals surface area (Å²) < 4.78 is 6.73. The zero-order chi connectivity index (χ0) is 13.3. The average molecular weight is 248 g/mol. The van der Waals surface area contributed by atoms with Gasteiger partial charge in [0.15, 0.2) is 0 Å². The smallest absolute Gasteiger partial charge is 0.234 e. The number of aromatic nitrogens is 4. The van der Waals surface area contributed by atoms with Gasteiger partial charge in [-0.25, -0.2) is 0 Å². The van der Waals surface area contributed by atoms with Gasteiger partial charge in [-0.1, -0.05) is 25.9 Å². The molecule has 6 heteroatoms. The highest BCUT2D eigenvalue weighted by molar-refractivity contribution is 5.85. The van der Waals surface area contributed by atoms with Gasteiger partial charge in [0, 0.05) is 18.7 Å². The molecule has 0 saturated carbocycles. The Hall–Kier alpha value is -1.98. The van der Waals surface area contributed by atoms with Crippen LogP contribution in [0.2, 0.25) is 0 Å². The average Bonchev–Trinajstić information content (AvgIpc) is 2.85. The third kappa shape index (κ3) is 2.64. The number of ketones is 1. The number of carbonyl (C=O) groups is 1. The highest BCUT2D eigenvalue weighted by atomic mass is 16.5. The van der Waals surface area contributed by atoms with E-state index in [0.29, 0.717) is 11.7 Å². The molecular formula is C12H16N4O2. The number of rotatable bonds is 3. The fourth-order valence-corrected chi connectivity index (χ4v) is 1.38. The second-order valence-corrected chi connectivity index (χ2v) is 5.26. The van der Waals surface area contributed by atoms with E-state index in [1.807, 2.05) is 27.8 Å². The third-order valence-electron chi connectivity index (χ3n) is 2.58. The molecule has 2 rings (SSSR count). The summed E-state index contributed by atoms with van der Waals surface area (Å²) in [5.74, 6) is 0.873. The van der Waals surface area contributed by atoms with Crippen molar-refractivity contribution in [3.05, 3.63) is 18.3 Å². The Labute approximate surface area is 105 Å². The van der Waals surface area contributed by atoms with Gasteiger partial charge in [-0.3, -0.25) is 9.48 Å². The summed E-state index contributed by atoms with van der Waals surface area (Å²) in [5.41, 5.74) is 0.374. The van der Waals surface area contributed by atoms with Crippen LogP contribution in [0.3, 0.4) is 0 Å². The van der Waals surface area contributed by atoms with Crippen LogP contribution in [0, 0.1) is 5.41 Å². The lowest BCUT2D eigenvalue weighted by Crippen LogP contribution is -2.22. The molecule has 0 amide bonds. The summed E-state index contributed by atoms with van der Waals surface area (Å²) in [6, 6.07) is 0. The first-order valence-corrected chi connectivity index (χ1v) is 5.71. The van der Waals surface area contributed by atoms with E-state index >= 15 is 0 Å². The van der Waals surface area contributed by atoms with Gasteiger partial charge in [0.05, 0.1) is 18.2 Å². The van der Waals surface area contributed by atoms with Crippen LogP contribution in [0.25, 0.3) is 11.4 Å². The fraction of sp³-hybridized carbons (Fsp3) is 0.500. The van der Waals surface area contributed by atoms with Gasteiger partial charge in [0.1, 0.15) is 5.78 Å². The van der Waals surface area contributed by atoms with Gasteiger partial charge < -0.3 is 4.52 Å². The van der Waals surface area contributed by atoms with Gasteiger partial charge in [-0.15, -0.1) is 0 Å². The van der Waals surface area contributed by atoms with Crippen molar-refractivity contribution in [3.8, 4) is 11.4 Å². The molecule has 0 aliphatic rings. The monoisotopic (exact) mass is 248 g/mol. The van der Waals surface area contributed by atoms with Gasteiger partial charge in [-0.2, -0.15) is 10.1 Å². The van der Waals surface area contributed by atoms with Crippen molar-refractivity contribution in [2.24, 2.45) is 12.5 Å². The highest BCUT2D eigenvalue weighted by Crippen LogP contribution is 2.19. The summed E-state index contributed by atoms with van der Waals surface area (Å²) in [6.07, 6.45) is 3.61. The molecule has 0 unspecified atom stereocenters. The molecule has 0 bridgehead atoms. The van der Waals surface area contributed by atoms with Crippen molar-refractivity contribution in [3.63, 3.8) is 0 Å². The van der Waals surface area contributed by atoms with E-state index in [0.717, 1.165) is 5.56 Å². The van der Waals surface area contributed by atoms with Crippen LogP contribution in [0.1, 0.15) is 26.7 Å². The molecule has 0 aliphatic carbocycles. The molecule has 2 aromatic heterocycles. The van der Waals surface area contributed by atoms with E-state index in [2.05, 4.69) is 15.2 Å². The summed E-state index contributed by atoms with van der Waals surface area (Å²) in [7, 11) is 1.81. The van der Waals surface area contributed by atoms with Crippen molar-refractivity contribution in [1.29, 1.82) is 0 Å². The van der Waals surface area contributed by atoms with Gasteiger partial charge in [0.2, 0.25) is 11.7 Å². The standard InChI is InChI=1S/C12H16N4O2/c1-12(2,3)9(17)5-10-14-11(15-18-10)8-6-13-16(4)7-8/h6-7H,5H2,1-4H3. The first kappa shape index (κ1) is 12.5. The molecule has 0 N–H and O–H groups in total. The third-order valence-corrected chi connectivity index (χ3v) is 2.58. The normalized spacial score (nSPS) is 11.8. The lowest BCUT2D eigenvalue weighted by Gasteiger charge is -2.14. The van der Waals surface area contributed by atoms with Crippen LogP contribution in [-0.2, 0) is 18.3 Å². The first-order valence-electron chi connectivity index (χ1n) is 5.71. The molecule has 2 heterocycles. The second-order valence-electron chi connectivity index (χ2n) is 5.26. The Morgan fingerprint density at radius 1 is 1.44 bits per heavy atom. The minimum absolute atomic E-state index is 0.0730. The Kier molecular flexibility index (Phi) is 3.02. The molecule has 0 radical (unpaired) electrons. The van der Waals surface area contributed by atoms with Crippen molar-refractivity contribution in [2.45, 2.75) is 27.2 Å². The molecule has 0 aliphatic heterocycles. The van der Waals surface area contributed by atoms with Crippen LogP contribution >= 0.6 is 0 Å². The predicted octanol–water partition coefficient (Wildman–Crippen LogP) is 1.63. The minimum atomic E-state index is -0.400. The van der Waals surface area contributed by atoms with E-state index in [4.69, 9.17) is 4.52 Å². The molecular weight excluding hydrogens is 232 g/mol. The lowest BCUT2D eigenvalue weighted by molar-refractivity contribution is -0.125. The maximum Gasteiger partial charge on any atom is 0.234 e. The lowest BCUT2D eigenvalue weighted by atomic mass is 9.89. The Morgan fingerprint density at radius 3 is 2.72 bits per heavy atom. The highest BCUT2D eigenvalue weighted by Gasteiger charge is 2.24. The number of Topliss-reactive ketones (excluding diaryl/α,β-unsaturated/α-hetero) is 1. The van der Waals surface area contributed by atoms with Crippen molar-refractivity contribution in [1.82, 2.24) is 19.9 Å². The van der Waals surface area contributed by atoms with Gasteiger partial charge in [0.25, 0.3) is 0 Å². The largest absolute Gasteiger partial charge is 0.338 e. The number of hydrogen-bond acceptors (Lipinski definition) is 5. The minimum Gasteiger partial charge on any atom is -0.338 e. The summed E-state index contributed by atoms with van der Waals surface area (Å²) in [5, 5.41) is 7.87. The second kappa shape index (κ2) is 4.36. The number of carbonyl (C=O) groups excluding carboxylic acids is 1. The zero-order valence-electron chi connectivity index (χ0n) is 11.0. The van der Waals surface area contributed by atoms with Crippen molar-refractivity contribution >= 4 is 5.78 Å². The van der Waals surface area contributed by atoms with Crippen LogP contribution in [0.5, 0.6) is 0 Å². The SMILES string of the molecule is Cn1cc(-c2noc(CC(=O)C(C)(C)C)n2)cn1. The van der Waals surface area contributed by atoms with Gasteiger partial charge in [-0.05, 0) is 0 Å². The summed E-state index contributed by atoms with van der Waals surface area (Å²) in [4.78, 5) is 16.0. The van der Waals surface area contributed by atoms with E-state index in [1.54, 1.807) is 17.1 Å². The molecule has 2 aromatic rings. The van der Waals surface area contributed by atoms with E-state index < -0.39 is 5.41 Å². The Morgan fingerprint density at radius 2 is 2.17 bits per heavy atom. The summed E-state index contributed by atoms with van der Waals surface area (Å²) >= 11 is 0. The quantitative estimate of drug-likeness (QED) is 0.825. The number of nitrogens with zero attached hydrogens (tertiary/aromatic N) is 4. The molecule has 0 saturated heterocycles. The maximum absolute atomic E-state index is 11.8. The molecule has 18 heavy (non-hydrogen) atoms. The van der Waals surface area contributed by atoms with Crippen LogP contribution in [0.4, 0.5) is 0 Å². The Balaban J connectivity index is 2.14. The fourth-order valence-electron chi connectivity index (χ4n) is 1.38. The number of aryl methyl sites for hydroxylation is 1. The van der Waals surface area contributed by atoms with Crippen LogP contribution in [-0.4, -0.2) is 25.7 Å². The van der Waals surface area contributed by atoms with Gasteiger partial charge >= 0.3 is 0 Å². The van der Waals surface area contributed by atoms with E-state index in [-0.39, 0.29) is 12.2 Å². The maximum atomic E-state index is 11.8. The molecule has 0 spiro atoms. The van der Waals surface area contributed by atoms with Crippen molar-refractivity contribution < 1.29 is 9.32 Å². The summed E-state index contributed by atoms with van der Waals surface area (Å²) in [6.45, 7) is 5.61. The molecule has 0 fully saturated rings. The first-order chi connectivity index (χ1) is 8.36. The Bertz CT molecular complexity index is 563. The molecule has 96 valence electrons. The molecule has 0 atom stereocenters. The zero-order valence-corrected chi connectivity index (χ0v) is 11.0. The van der Waals surface area contributed by atoms with E-state index in [1.165, 1.54) is 0 Å². The van der Waals surface area contributed by atoms with Crippen LogP contribution in [0.15, 0.2) is 16.9 Å². The molecule has 0 aromatic carbocycles. The molecule has 6 nitrogen and oxygen atoms in total. The van der Waals surface area contributed by atoms with Crippen LogP contribution < -0.4 is 0 Å². The van der Waals surface area contributed by atoms with E-state index in [9.17, 15) is 4.79 Å². The number of hydrogen-bond donors (Lipinski definition) is 0.